The Morgan fingerprint density at radius 1 is 1.33 bits per heavy atom. The van der Waals surface area contributed by atoms with Crippen LogP contribution in [0.5, 0.6) is 0 Å². The third kappa shape index (κ3) is 2.92. The first-order valence-electron chi connectivity index (χ1n) is 7.15. The van der Waals surface area contributed by atoms with E-state index >= 15 is 0 Å². The lowest BCUT2D eigenvalue weighted by molar-refractivity contribution is 0.0851. The first kappa shape index (κ1) is 15.5. The molecule has 0 amide bonds. The van der Waals surface area contributed by atoms with Gasteiger partial charge in [-0.25, -0.2) is 8.42 Å². The van der Waals surface area contributed by atoms with Crippen molar-refractivity contribution in [2.24, 2.45) is 0 Å². The van der Waals surface area contributed by atoms with Gasteiger partial charge in [-0.05, 0) is 35.3 Å². The highest BCUT2D eigenvalue weighted by atomic mass is 79.9. The molecule has 3 heterocycles. The lowest BCUT2D eigenvalue weighted by atomic mass is 10.0. The first-order valence-corrected chi connectivity index (χ1v) is 9.39. The van der Waals surface area contributed by atoms with E-state index in [9.17, 15) is 8.42 Å². The van der Waals surface area contributed by atoms with Crippen LogP contribution >= 0.6 is 15.9 Å². The number of aliphatic hydroxyl groups is 1. The lowest BCUT2D eigenvalue weighted by Crippen LogP contribution is -2.56. The molecule has 3 rings (SSSR count). The van der Waals surface area contributed by atoms with Crippen molar-refractivity contribution in [3.63, 3.8) is 0 Å². The molecule has 1 unspecified atom stereocenters. The van der Waals surface area contributed by atoms with Gasteiger partial charge in [-0.2, -0.15) is 4.31 Å². The molecule has 8 heteroatoms. The van der Waals surface area contributed by atoms with Gasteiger partial charge in [-0.15, -0.1) is 0 Å². The first-order chi connectivity index (χ1) is 10.0. The molecular weight excluding hydrogens is 360 g/mol. The summed E-state index contributed by atoms with van der Waals surface area (Å²) in [6.07, 6.45) is 3.43. The molecule has 6 nitrogen and oxygen atoms in total. The normalized spacial score (nSPS) is 25.0. The number of piperidine rings is 1. The standard InChI is InChI=1S/C13H19BrN2O4S/c14-13-12(7-11(9-17)20-13)21(18,19)16-6-5-15-4-2-1-3-10(15)8-16/h7,10,17H,1-6,8-9H2. The Kier molecular flexibility index (Phi) is 4.42. The van der Waals surface area contributed by atoms with Gasteiger partial charge in [0.1, 0.15) is 17.3 Å². The summed E-state index contributed by atoms with van der Waals surface area (Å²) >= 11 is 3.14. The number of fused-ring (bicyclic) bond motifs is 1. The van der Waals surface area contributed by atoms with E-state index in [2.05, 4.69) is 20.8 Å². The number of sulfonamides is 1. The second-order valence-corrected chi connectivity index (χ2v) is 8.18. The molecule has 0 saturated carbocycles. The van der Waals surface area contributed by atoms with E-state index in [4.69, 9.17) is 9.52 Å². The van der Waals surface area contributed by atoms with E-state index in [0.717, 1.165) is 19.5 Å². The zero-order valence-electron chi connectivity index (χ0n) is 11.7. The predicted molar refractivity (Wildman–Crippen MR) is 80.3 cm³/mol. The van der Waals surface area contributed by atoms with Gasteiger partial charge in [0.15, 0.2) is 4.67 Å². The SMILES string of the molecule is O=S(=O)(c1cc(CO)oc1Br)N1CCN2CCCCC2C1. The van der Waals surface area contributed by atoms with Crippen LogP contribution < -0.4 is 0 Å². The van der Waals surface area contributed by atoms with Crippen LogP contribution in [0.25, 0.3) is 0 Å². The number of piperazine rings is 1. The summed E-state index contributed by atoms with van der Waals surface area (Å²) in [4.78, 5) is 2.50. The molecule has 0 radical (unpaired) electrons. The number of furan rings is 1. The van der Waals surface area contributed by atoms with Crippen LogP contribution in [-0.4, -0.2) is 55.0 Å². The second-order valence-electron chi connectivity index (χ2n) is 5.56. The highest BCUT2D eigenvalue weighted by molar-refractivity contribution is 9.10. The summed E-state index contributed by atoms with van der Waals surface area (Å²) in [5.41, 5.74) is 0. The van der Waals surface area contributed by atoms with E-state index in [1.807, 2.05) is 0 Å². The molecule has 2 saturated heterocycles. The highest BCUT2D eigenvalue weighted by Gasteiger charge is 2.36. The predicted octanol–water partition coefficient (Wildman–Crippen LogP) is 1.39. The average Bonchev–Trinajstić information content (AvgIpc) is 2.88. The van der Waals surface area contributed by atoms with E-state index in [0.29, 0.717) is 19.1 Å². The summed E-state index contributed by atoms with van der Waals surface area (Å²) in [5, 5.41) is 9.08. The van der Waals surface area contributed by atoms with Gasteiger partial charge in [-0.3, -0.25) is 4.90 Å². The van der Waals surface area contributed by atoms with Gasteiger partial charge in [0.05, 0.1) is 0 Å². The summed E-state index contributed by atoms with van der Waals surface area (Å²) in [7, 11) is -3.58. The fraction of sp³-hybridized carbons (Fsp3) is 0.692. The largest absolute Gasteiger partial charge is 0.450 e. The average molecular weight is 379 g/mol. The molecule has 0 aromatic carbocycles. The minimum atomic E-state index is -3.58. The van der Waals surface area contributed by atoms with E-state index in [1.165, 1.54) is 23.2 Å². The minimum absolute atomic E-state index is 0.107. The van der Waals surface area contributed by atoms with Crippen molar-refractivity contribution in [2.45, 2.75) is 36.8 Å². The van der Waals surface area contributed by atoms with Gasteiger partial charge >= 0.3 is 0 Å². The van der Waals surface area contributed by atoms with E-state index in [-0.39, 0.29) is 21.9 Å². The van der Waals surface area contributed by atoms with Gasteiger partial charge in [0.25, 0.3) is 0 Å². The Labute approximate surface area is 132 Å². The lowest BCUT2D eigenvalue weighted by Gasteiger charge is -2.43. The summed E-state index contributed by atoms with van der Waals surface area (Å²) in [5.74, 6) is 0.247. The van der Waals surface area contributed by atoms with Crippen LogP contribution in [0.1, 0.15) is 25.0 Å². The maximum atomic E-state index is 12.7. The number of hydrogen-bond donors (Lipinski definition) is 1. The van der Waals surface area contributed by atoms with Crippen molar-refractivity contribution >= 4 is 26.0 Å². The number of aliphatic hydroxyl groups excluding tert-OH is 1. The monoisotopic (exact) mass is 378 g/mol. The third-order valence-electron chi connectivity index (χ3n) is 4.28. The van der Waals surface area contributed by atoms with Gasteiger partial charge in [-0.1, -0.05) is 6.42 Å². The Bertz CT molecular complexity index is 616. The van der Waals surface area contributed by atoms with Gasteiger partial charge in [0.2, 0.25) is 10.0 Å². The van der Waals surface area contributed by atoms with Crippen molar-refractivity contribution in [2.75, 3.05) is 26.2 Å². The van der Waals surface area contributed by atoms with Crippen molar-refractivity contribution < 1.29 is 17.9 Å². The zero-order valence-corrected chi connectivity index (χ0v) is 14.1. The van der Waals surface area contributed by atoms with Crippen LogP contribution in [0.15, 0.2) is 20.0 Å². The number of nitrogens with zero attached hydrogens (tertiary/aromatic N) is 2. The van der Waals surface area contributed by atoms with Crippen molar-refractivity contribution in [3.8, 4) is 0 Å². The molecule has 0 aliphatic carbocycles. The highest BCUT2D eigenvalue weighted by Crippen LogP contribution is 2.31. The van der Waals surface area contributed by atoms with Crippen LogP contribution in [0.2, 0.25) is 0 Å². The molecule has 21 heavy (non-hydrogen) atoms. The second kappa shape index (κ2) is 6.00. The number of halogens is 1. The summed E-state index contributed by atoms with van der Waals surface area (Å²) in [6.45, 7) is 2.58. The molecule has 2 aliphatic heterocycles. The Morgan fingerprint density at radius 3 is 2.86 bits per heavy atom. The quantitative estimate of drug-likeness (QED) is 0.860. The van der Waals surface area contributed by atoms with Crippen LogP contribution in [0, 0.1) is 0 Å². The fourth-order valence-corrected chi connectivity index (χ4v) is 5.57. The number of hydrogen-bond acceptors (Lipinski definition) is 5. The molecule has 118 valence electrons. The Hall–Kier alpha value is -0.410. The number of rotatable bonds is 3. The van der Waals surface area contributed by atoms with Crippen LogP contribution in [-0.2, 0) is 16.6 Å². The van der Waals surface area contributed by atoms with Crippen LogP contribution in [0.4, 0.5) is 0 Å². The molecule has 1 N–H and O–H groups in total. The topological polar surface area (TPSA) is 74.0 Å². The van der Waals surface area contributed by atoms with Crippen LogP contribution in [0.3, 0.4) is 0 Å². The fourth-order valence-electron chi connectivity index (χ4n) is 3.14. The molecule has 1 atom stereocenters. The zero-order chi connectivity index (χ0) is 15.0. The van der Waals surface area contributed by atoms with Crippen molar-refractivity contribution in [1.82, 2.24) is 9.21 Å². The molecule has 2 aliphatic rings. The third-order valence-corrected chi connectivity index (χ3v) is 7.00. The molecule has 2 fully saturated rings. The van der Waals surface area contributed by atoms with E-state index < -0.39 is 10.0 Å². The molecule has 1 aromatic rings. The van der Waals surface area contributed by atoms with Crippen molar-refractivity contribution in [3.05, 3.63) is 16.5 Å². The summed E-state index contributed by atoms with van der Waals surface area (Å²) < 4.78 is 32.4. The maximum absolute atomic E-state index is 12.7. The van der Waals surface area contributed by atoms with E-state index in [1.54, 1.807) is 0 Å². The Balaban J connectivity index is 1.83. The smallest absolute Gasteiger partial charge is 0.247 e. The minimum Gasteiger partial charge on any atom is -0.450 e. The molecular formula is C13H19BrN2O4S. The molecule has 0 spiro atoms. The van der Waals surface area contributed by atoms with Gasteiger partial charge in [0, 0.05) is 31.7 Å². The summed E-state index contributed by atoms with van der Waals surface area (Å²) in [6, 6.07) is 1.72. The Morgan fingerprint density at radius 2 is 2.14 bits per heavy atom. The van der Waals surface area contributed by atoms with Crippen molar-refractivity contribution in [1.29, 1.82) is 0 Å². The maximum Gasteiger partial charge on any atom is 0.247 e. The molecule has 1 aromatic heterocycles. The van der Waals surface area contributed by atoms with Gasteiger partial charge < -0.3 is 9.52 Å². The molecule has 0 bridgehead atoms.